The van der Waals surface area contributed by atoms with E-state index in [0.717, 1.165) is 26.1 Å². The summed E-state index contributed by atoms with van der Waals surface area (Å²) < 4.78 is 6.15. The summed E-state index contributed by atoms with van der Waals surface area (Å²) in [6.45, 7) is 5.06. The van der Waals surface area contributed by atoms with Crippen molar-refractivity contribution in [2.45, 2.75) is 50.7 Å². The highest BCUT2D eigenvalue weighted by atomic mass is 32.2. The monoisotopic (exact) mass is 285 g/mol. The predicted octanol–water partition coefficient (Wildman–Crippen LogP) is 2.08. The normalized spacial score (nSPS) is 26.7. The number of nitrogens with one attached hydrogen (secondary N) is 1. The molecule has 5 heteroatoms. The van der Waals surface area contributed by atoms with Gasteiger partial charge in [-0.1, -0.05) is 6.92 Å². The lowest BCUT2D eigenvalue weighted by Crippen LogP contribution is -2.50. The minimum atomic E-state index is 0.151. The minimum absolute atomic E-state index is 0.151. The molecule has 0 bridgehead atoms. The van der Waals surface area contributed by atoms with Gasteiger partial charge in [-0.25, -0.2) is 0 Å². The fraction of sp³-hybridized carbons (Fsp3) is 0.929. The zero-order chi connectivity index (χ0) is 13.7. The van der Waals surface area contributed by atoms with E-state index in [4.69, 9.17) is 15.9 Å². The molecule has 0 aliphatic carbocycles. The molecule has 0 aromatic rings. The Morgan fingerprint density at radius 3 is 2.84 bits per heavy atom. The lowest BCUT2D eigenvalue weighted by molar-refractivity contribution is -0.109. The van der Waals surface area contributed by atoms with Crippen molar-refractivity contribution in [3.8, 4) is 0 Å². The lowest BCUT2D eigenvalue weighted by atomic mass is 9.85. The van der Waals surface area contributed by atoms with Gasteiger partial charge in [0.15, 0.2) is 0 Å². The van der Waals surface area contributed by atoms with Gasteiger partial charge in [0.25, 0.3) is 0 Å². The maximum Gasteiger partial charge on any atom is 0.0918 e. The molecule has 0 saturated carbocycles. The highest BCUT2D eigenvalue weighted by molar-refractivity contribution is 7.99. The van der Waals surface area contributed by atoms with Crippen molar-refractivity contribution in [1.29, 1.82) is 5.41 Å². The van der Waals surface area contributed by atoms with E-state index in [9.17, 15) is 0 Å². The van der Waals surface area contributed by atoms with Gasteiger partial charge in [-0.3, -0.25) is 5.41 Å². The summed E-state index contributed by atoms with van der Waals surface area (Å²) in [5, 5.41) is 7.39. The van der Waals surface area contributed by atoms with E-state index in [1.54, 1.807) is 0 Å². The first-order chi connectivity index (χ1) is 9.15. The second-order valence-electron chi connectivity index (χ2n) is 5.69. The standard InChI is InChI=1S/C14H27N3OS/c1-2-17(7-3-13(15)16)12-4-8-18-14(11-12)5-9-19-10-6-14/h12H,2-11H2,1H3,(H3,15,16). The van der Waals surface area contributed by atoms with Crippen LogP contribution in [0.4, 0.5) is 0 Å². The van der Waals surface area contributed by atoms with Gasteiger partial charge < -0.3 is 15.4 Å². The molecule has 2 rings (SSSR count). The summed E-state index contributed by atoms with van der Waals surface area (Å²) in [7, 11) is 0. The minimum Gasteiger partial charge on any atom is -0.388 e. The Labute approximate surface area is 120 Å². The average Bonchev–Trinajstić information content (AvgIpc) is 2.40. The van der Waals surface area contributed by atoms with Crippen LogP contribution in [0.2, 0.25) is 0 Å². The van der Waals surface area contributed by atoms with E-state index in [-0.39, 0.29) is 5.60 Å². The first-order valence-electron chi connectivity index (χ1n) is 7.44. The van der Waals surface area contributed by atoms with E-state index in [1.807, 2.05) is 0 Å². The molecule has 0 radical (unpaired) electrons. The van der Waals surface area contributed by atoms with Crippen LogP contribution in [0.3, 0.4) is 0 Å². The number of nitrogens with two attached hydrogens (primary N) is 1. The van der Waals surface area contributed by atoms with Gasteiger partial charge in [0.2, 0.25) is 0 Å². The highest BCUT2D eigenvalue weighted by Gasteiger charge is 2.40. The molecule has 0 amide bonds. The van der Waals surface area contributed by atoms with Gasteiger partial charge in [-0.15, -0.1) is 0 Å². The van der Waals surface area contributed by atoms with Crippen LogP contribution in [0.25, 0.3) is 0 Å². The molecule has 2 heterocycles. The van der Waals surface area contributed by atoms with Crippen LogP contribution in [0.1, 0.15) is 39.0 Å². The Hall–Kier alpha value is -0.260. The molecule has 3 N–H and O–H groups in total. The number of amidine groups is 1. The van der Waals surface area contributed by atoms with E-state index in [0.29, 0.717) is 18.3 Å². The zero-order valence-corrected chi connectivity index (χ0v) is 12.8. The van der Waals surface area contributed by atoms with Crippen molar-refractivity contribution in [3.63, 3.8) is 0 Å². The molecular weight excluding hydrogens is 258 g/mol. The van der Waals surface area contributed by atoms with Crippen LogP contribution in [0.15, 0.2) is 0 Å². The SMILES string of the molecule is CCN(CCC(=N)N)C1CCOC2(CCSCC2)C1. The van der Waals surface area contributed by atoms with Gasteiger partial charge in [-0.05, 0) is 43.7 Å². The van der Waals surface area contributed by atoms with Crippen LogP contribution in [0, 0.1) is 5.41 Å². The molecule has 2 fully saturated rings. The largest absolute Gasteiger partial charge is 0.388 e. The number of hydrogen-bond donors (Lipinski definition) is 2. The van der Waals surface area contributed by atoms with Gasteiger partial charge in [0, 0.05) is 25.6 Å². The molecule has 2 aliphatic rings. The summed E-state index contributed by atoms with van der Waals surface area (Å²) in [4.78, 5) is 2.49. The van der Waals surface area contributed by atoms with Crippen LogP contribution < -0.4 is 5.73 Å². The van der Waals surface area contributed by atoms with Gasteiger partial charge in [0.05, 0.1) is 11.4 Å². The summed E-state index contributed by atoms with van der Waals surface area (Å²) in [6.07, 6.45) is 5.39. The number of nitrogens with zero attached hydrogens (tertiary/aromatic N) is 1. The Kier molecular flexibility index (Phi) is 5.54. The fourth-order valence-corrected chi connectivity index (χ4v) is 4.51. The number of ether oxygens (including phenoxy) is 1. The van der Waals surface area contributed by atoms with E-state index >= 15 is 0 Å². The summed E-state index contributed by atoms with van der Waals surface area (Å²) in [6, 6.07) is 0.612. The topological polar surface area (TPSA) is 62.3 Å². The number of rotatable bonds is 5. The van der Waals surface area contributed by atoms with E-state index in [1.165, 1.54) is 30.8 Å². The fourth-order valence-electron chi connectivity index (χ4n) is 3.27. The van der Waals surface area contributed by atoms with Crippen LogP contribution in [-0.2, 0) is 4.74 Å². The van der Waals surface area contributed by atoms with E-state index < -0.39 is 0 Å². The second-order valence-corrected chi connectivity index (χ2v) is 6.92. The Morgan fingerprint density at radius 2 is 2.21 bits per heavy atom. The Bertz CT molecular complexity index is 300. The first-order valence-corrected chi connectivity index (χ1v) is 8.59. The van der Waals surface area contributed by atoms with Crippen molar-refractivity contribution in [3.05, 3.63) is 0 Å². The number of thioether (sulfide) groups is 1. The molecular formula is C14H27N3OS. The lowest BCUT2D eigenvalue weighted by Gasteiger charge is -2.46. The van der Waals surface area contributed by atoms with Crippen LogP contribution >= 0.6 is 11.8 Å². The molecule has 1 spiro atoms. The predicted molar refractivity (Wildman–Crippen MR) is 82.0 cm³/mol. The third-order valence-electron chi connectivity index (χ3n) is 4.46. The van der Waals surface area contributed by atoms with Crippen molar-refractivity contribution in [1.82, 2.24) is 4.90 Å². The van der Waals surface area contributed by atoms with Crippen LogP contribution in [-0.4, -0.2) is 53.6 Å². The molecule has 2 saturated heterocycles. The molecule has 19 heavy (non-hydrogen) atoms. The van der Waals surface area contributed by atoms with Gasteiger partial charge in [0.1, 0.15) is 0 Å². The summed E-state index contributed by atoms with van der Waals surface area (Å²) in [5.74, 6) is 2.78. The van der Waals surface area contributed by atoms with Crippen molar-refractivity contribution < 1.29 is 4.74 Å². The third kappa shape index (κ3) is 4.10. The molecule has 0 aromatic carbocycles. The van der Waals surface area contributed by atoms with Crippen molar-refractivity contribution >= 4 is 17.6 Å². The van der Waals surface area contributed by atoms with E-state index in [2.05, 4.69) is 23.6 Å². The highest BCUT2D eigenvalue weighted by Crippen LogP contribution is 2.38. The summed E-state index contributed by atoms with van der Waals surface area (Å²) >= 11 is 2.05. The van der Waals surface area contributed by atoms with Gasteiger partial charge in [-0.2, -0.15) is 11.8 Å². The summed E-state index contributed by atoms with van der Waals surface area (Å²) in [5.41, 5.74) is 5.64. The Morgan fingerprint density at radius 1 is 1.47 bits per heavy atom. The molecule has 1 unspecified atom stereocenters. The molecule has 4 nitrogen and oxygen atoms in total. The smallest absolute Gasteiger partial charge is 0.0918 e. The van der Waals surface area contributed by atoms with Crippen molar-refractivity contribution in [2.24, 2.45) is 5.73 Å². The quantitative estimate of drug-likeness (QED) is 0.600. The third-order valence-corrected chi connectivity index (χ3v) is 5.45. The van der Waals surface area contributed by atoms with Gasteiger partial charge >= 0.3 is 0 Å². The van der Waals surface area contributed by atoms with Crippen LogP contribution in [0.5, 0.6) is 0 Å². The molecule has 2 aliphatic heterocycles. The number of hydrogen-bond acceptors (Lipinski definition) is 4. The molecule has 110 valence electrons. The second kappa shape index (κ2) is 6.95. The maximum absolute atomic E-state index is 7.39. The maximum atomic E-state index is 7.39. The van der Waals surface area contributed by atoms with Crippen molar-refractivity contribution in [2.75, 3.05) is 31.2 Å². The Balaban J connectivity index is 1.92. The molecule has 1 atom stereocenters. The zero-order valence-electron chi connectivity index (χ0n) is 12.0. The molecule has 0 aromatic heterocycles. The average molecular weight is 285 g/mol. The first kappa shape index (κ1) is 15.1.